The third-order valence-electron chi connectivity index (χ3n) is 4.46. The number of thiophene rings is 1. The number of amides is 1. The number of hydrogen-bond acceptors (Lipinski definition) is 5. The topological polar surface area (TPSA) is 64.6 Å². The Balaban J connectivity index is 1.86. The minimum Gasteiger partial charge on any atom is -0.481 e. The zero-order chi connectivity index (χ0) is 20.8. The van der Waals surface area contributed by atoms with Gasteiger partial charge in [0.05, 0.1) is 7.11 Å². The monoisotopic (exact) mass is 409 g/mol. The molecule has 1 aromatic heterocycles. The number of ether oxygens (including phenoxy) is 2. The van der Waals surface area contributed by atoms with Crippen LogP contribution >= 0.6 is 11.3 Å². The van der Waals surface area contributed by atoms with Crippen LogP contribution in [0.1, 0.15) is 29.3 Å². The van der Waals surface area contributed by atoms with Gasteiger partial charge in [0.2, 0.25) is 0 Å². The van der Waals surface area contributed by atoms with Gasteiger partial charge in [-0.25, -0.2) is 4.79 Å². The molecular weight excluding hydrogens is 386 g/mol. The number of rotatable bonds is 7. The molecule has 0 fully saturated rings. The van der Waals surface area contributed by atoms with Crippen molar-refractivity contribution in [2.75, 3.05) is 12.4 Å². The van der Waals surface area contributed by atoms with E-state index in [4.69, 9.17) is 9.47 Å². The molecule has 0 radical (unpaired) electrons. The Kier molecular flexibility index (Phi) is 6.67. The van der Waals surface area contributed by atoms with E-state index in [1.54, 1.807) is 12.1 Å². The number of para-hydroxylation sites is 1. The Bertz CT molecular complexity index is 980. The quantitative estimate of drug-likeness (QED) is 0.538. The van der Waals surface area contributed by atoms with E-state index in [-0.39, 0.29) is 5.91 Å². The molecule has 0 saturated heterocycles. The number of carbonyl (C=O) groups is 2. The largest absolute Gasteiger partial charge is 0.481 e. The highest BCUT2D eigenvalue weighted by Crippen LogP contribution is 2.36. The molecule has 150 valence electrons. The fourth-order valence-electron chi connectivity index (χ4n) is 2.88. The van der Waals surface area contributed by atoms with Crippen LogP contribution in [0.3, 0.4) is 0 Å². The number of benzene rings is 2. The van der Waals surface area contributed by atoms with E-state index in [1.807, 2.05) is 61.7 Å². The first-order chi connectivity index (χ1) is 14.0. The first kappa shape index (κ1) is 20.6. The molecule has 6 heteroatoms. The maximum Gasteiger partial charge on any atom is 0.341 e. The zero-order valence-corrected chi connectivity index (χ0v) is 17.4. The van der Waals surface area contributed by atoms with Crippen LogP contribution < -0.4 is 10.1 Å². The van der Waals surface area contributed by atoms with Crippen molar-refractivity contribution in [2.24, 2.45) is 0 Å². The third-order valence-corrected chi connectivity index (χ3v) is 5.36. The maximum absolute atomic E-state index is 12.8. The molecule has 1 amide bonds. The number of nitrogens with one attached hydrogen (secondary N) is 1. The summed E-state index contributed by atoms with van der Waals surface area (Å²) in [6, 6.07) is 17.0. The lowest BCUT2D eigenvalue weighted by Crippen LogP contribution is -2.32. The van der Waals surface area contributed by atoms with Gasteiger partial charge in [-0.2, -0.15) is 0 Å². The predicted octanol–water partition coefficient (Wildman–Crippen LogP) is 5.31. The van der Waals surface area contributed by atoms with Gasteiger partial charge in [-0.05, 0) is 31.0 Å². The highest BCUT2D eigenvalue weighted by molar-refractivity contribution is 7.15. The van der Waals surface area contributed by atoms with Gasteiger partial charge in [-0.15, -0.1) is 11.3 Å². The summed E-state index contributed by atoms with van der Waals surface area (Å²) >= 11 is 1.29. The SMILES string of the molecule is CCC(Oc1ccccc1)C(=O)Nc1scc(-c2ccc(C)cc2)c1C(=O)OC. The van der Waals surface area contributed by atoms with Gasteiger partial charge in [0.15, 0.2) is 6.10 Å². The molecule has 5 nitrogen and oxygen atoms in total. The Morgan fingerprint density at radius 1 is 1.07 bits per heavy atom. The van der Waals surface area contributed by atoms with Gasteiger partial charge < -0.3 is 14.8 Å². The lowest BCUT2D eigenvalue weighted by Gasteiger charge is -2.17. The van der Waals surface area contributed by atoms with E-state index in [2.05, 4.69) is 5.32 Å². The highest BCUT2D eigenvalue weighted by Gasteiger charge is 2.25. The molecule has 0 aliphatic heterocycles. The van der Waals surface area contributed by atoms with Gasteiger partial charge in [0, 0.05) is 10.9 Å². The summed E-state index contributed by atoms with van der Waals surface area (Å²) in [5.74, 6) is -0.179. The molecule has 0 saturated carbocycles. The van der Waals surface area contributed by atoms with Gasteiger partial charge in [0.25, 0.3) is 5.91 Å². The van der Waals surface area contributed by atoms with Crippen LogP contribution in [-0.4, -0.2) is 25.1 Å². The van der Waals surface area contributed by atoms with Crippen molar-refractivity contribution >= 4 is 28.2 Å². The van der Waals surface area contributed by atoms with E-state index in [0.29, 0.717) is 22.7 Å². The summed E-state index contributed by atoms with van der Waals surface area (Å²) in [5.41, 5.74) is 3.10. The van der Waals surface area contributed by atoms with Crippen LogP contribution in [0.15, 0.2) is 60.0 Å². The third kappa shape index (κ3) is 4.84. The van der Waals surface area contributed by atoms with Crippen LogP contribution in [0.2, 0.25) is 0 Å². The van der Waals surface area contributed by atoms with E-state index in [1.165, 1.54) is 18.4 Å². The lowest BCUT2D eigenvalue weighted by molar-refractivity contribution is -0.122. The summed E-state index contributed by atoms with van der Waals surface area (Å²) < 4.78 is 10.8. The molecule has 3 aromatic rings. The molecular formula is C23H23NO4S. The van der Waals surface area contributed by atoms with Crippen molar-refractivity contribution in [1.82, 2.24) is 0 Å². The minimum absolute atomic E-state index is 0.307. The second kappa shape index (κ2) is 9.39. The second-order valence-corrected chi connectivity index (χ2v) is 7.41. The fourth-order valence-corrected chi connectivity index (χ4v) is 3.84. The molecule has 1 heterocycles. The molecule has 1 atom stereocenters. The number of methoxy groups -OCH3 is 1. The fraction of sp³-hybridized carbons (Fsp3) is 0.217. The molecule has 0 bridgehead atoms. The predicted molar refractivity (Wildman–Crippen MR) is 116 cm³/mol. The molecule has 1 unspecified atom stereocenters. The number of anilines is 1. The number of esters is 1. The van der Waals surface area contributed by atoms with Gasteiger partial charge in [-0.3, -0.25) is 4.79 Å². The second-order valence-electron chi connectivity index (χ2n) is 6.53. The Hall–Kier alpha value is -3.12. The summed E-state index contributed by atoms with van der Waals surface area (Å²) in [4.78, 5) is 25.3. The lowest BCUT2D eigenvalue weighted by atomic mass is 10.0. The van der Waals surface area contributed by atoms with E-state index >= 15 is 0 Å². The summed E-state index contributed by atoms with van der Waals surface area (Å²) in [6.07, 6.45) is -0.183. The zero-order valence-electron chi connectivity index (χ0n) is 16.6. The number of carbonyl (C=O) groups excluding carboxylic acids is 2. The van der Waals surface area contributed by atoms with E-state index in [0.717, 1.165) is 16.7 Å². The van der Waals surface area contributed by atoms with E-state index < -0.39 is 12.1 Å². The first-order valence-corrected chi connectivity index (χ1v) is 10.2. The van der Waals surface area contributed by atoms with Crippen molar-refractivity contribution in [3.8, 4) is 16.9 Å². The van der Waals surface area contributed by atoms with Crippen LogP contribution in [0.5, 0.6) is 5.75 Å². The maximum atomic E-state index is 12.8. The van der Waals surface area contributed by atoms with Crippen LogP contribution in [-0.2, 0) is 9.53 Å². The Morgan fingerprint density at radius 3 is 2.38 bits per heavy atom. The smallest absolute Gasteiger partial charge is 0.341 e. The van der Waals surface area contributed by atoms with Crippen molar-refractivity contribution < 1.29 is 19.1 Å². The summed E-state index contributed by atoms with van der Waals surface area (Å²) in [6.45, 7) is 3.88. The van der Waals surface area contributed by atoms with Gasteiger partial charge >= 0.3 is 5.97 Å². The van der Waals surface area contributed by atoms with Crippen molar-refractivity contribution in [3.05, 3.63) is 71.1 Å². The van der Waals surface area contributed by atoms with Crippen LogP contribution in [0.25, 0.3) is 11.1 Å². The number of hydrogen-bond donors (Lipinski definition) is 1. The molecule has 29 heavy (non-hydrogen) atoms. The Morgan fingerprint density at radius 2 is 1.76 bits per heavy atom. The van der Waals surface area contributed by atoms with Gasteiger partial charge in [-0.1, -0.05) is 55.0 Å². The van der Waals surface area contributed by atoms with Gasteiger partial charge in [0.1, 0.15) is 16.3 Å². The average molecular weight is 410 g/mol. The minimum atomic E-state index is -0.673. The molecule has 2 aromatic carbocycles. The molecule has 1 N–H and O–H groups in total. The standard InChI is InChI=1S/C23H23NO4S/c1-4-19(28-17-8-6-5-7-9-17)21(25)24-22-20(23(26)27-3)18(14-29-22)16-12-10-15(2)11-13-16/h5-14,19H,4H2,1-3H3,(H,24,25). The molecule has 0 aliphatic rings. The van der Waals surface area contributed by atoms with Crippen LogP contribution in [0, 0.1) is 6.92 Å². The molecule has 0 aliphatic carbocycles. The molecule has 3 rings (SSSR count). The molecule has 0 spiro atoms. The van der Waals surface area contributed by atoms with Crippen molar-refractivity contribution in [3.63, 3.8) is 0 Å². The van der Waals surface area contributed by atoms with E-state index in [9.17, 15) is 9.59 Å². The van der Waals surface area contributed by atoms with Crippen molar-refractivity contribution in [2.45, 2.75) is 26.4 Å². The van der Waals surface area contributed by atoms with Crippen LogP contribution in [0.4, 0.5) is 5.00 Å². The first-order valence-electron chi connectivity index (χ1n) is 9.33. The summed E-state index contributed by atoms with van der Waals surface area (Å²) in [7, 11) is 1.33. The normalized spacial score (nSPS) is 11.6. The highest BCUT2D eigenvalue weighted by atomic mass is 32.1. The number of aryl methyl sites for hydroxylation is 1. The van der Waals surface area contributed by atoms with Crippen molar-refractivity contribution in [1.29, 1.82) is 0 Å². The summed E-state index contributed by atoms with van der Waals surface area (Å²) in [5, 5.41) is 5.16. The average Bonchev–Trinajstić information content (AvgIpc) is 3.16. The Labute approximate surface area is 174 Å².